The summed E-state index contributed by atoms with van der Waals surface area (Å²) >= 11 is 0. The molecule has 3 N–H and O–H groups in total. The molecule has 0 spiro atoms. The Morgan fingerprint density at radius 2 is 0.460 bits per heavy atom. The van der Waals surface area contributed by atoms with Crippen LogP contribution >= 0.6 is 0 Å². The smallest absolute Gasteiger partial charge is 0.362 e. The molecule has 0 bridgehead atoms. The van der Waals surface area contributed by atoms with Crippen molar-refractivity contribution in [2.75, 3.05) is 94.8 Å². The maximum absolute atomic E-state index is 13.3. The van der Waals surface area contributed by atoms with Gasteiger partial charge >= 0.3 is 35.8 Å². The number of quaternary nitrogens is 3. The van der Waals surface area contributed by atoms with E-state index in [2.05, 4.69) is 102 Å². The first-order valence-corrected chi connectivity index (χ1v) is 51.9. The van der Waals surface area contributed by atoms with E-state index in [1.54, 1.807) is 0 Å². The molecular formula is C105H200IN3O15+2. The average molecular weight is 1870 g/mol. The molecule has 124 heavy (non-hydrogen) atoms. The van der Waals surface area contributed by atoms with E-state index in [1.165, 1.54) is 173 Å². The number of unbranched alkanes of at least 4 members (excludes halogenated alkanes) is 48. The number of aliphatic hydroxyl groups excluding tert-OH is 3. The molecule has 0 aliphatic carbocycles. The zero-order valence-electron chi connectivity index (χ0n) is 82.8. The molecule has 0 aliphatic heterocycles. The second-order valence-corrected chi connectivity index (χ2v) is 38.8. The van der Waals surface area contributed by atoms with Crippen LogP contribution in [-0.2, 0) is 57.2 Å². The molecule has 0 aliphatic rings. The van der Waals surface area contributed by atoms with Crippen molar-refractivity contribution >= 4 is 35.8 Å². The number of halogens is 1. The van der Waals surface area contributed by atoms with Gasteiger partial charge in [0.15, 0.2) is 25.7 Å². The van der Waals surface area contributed by atoms with Crippen LogP contribution in [0.5, 0.6) is 0 Å². The predicted molar refractivity (Wildman–Crippen MR) is 511 cm³/mol. The highest BCUT2D eigenvalue weighted by molar-refractivity contribution is 5.72. The minimum Gasteiger partial charge on any atom is -1.00 e. The number of carbonyl (C=O) groups excluding carboxylic acids is 6. The summed E-state index contributed by atoms with van der Waals surface area (Å²) in [7, 11) is 12.6. The Balaban J connectivity index is 0. The van der Waals surface area contributed by atoms with Gasteiger partial charge in [0.05, 0.1) is 80.2 Å². The predicted octanol–water partition coefficient (Wildman–Crippen LogP) is 22.6. The van der Waals surface area contributed by atoms with Crippen LogP contribution in [-0.4, -0.2) is 202 Å². The van der Waals surface area contributed by atoms with Crippen molar-refractivity contribution in [1.82, 2.24) is 0 Å². The number of allylic oxidation sites excluding steroid dienone is 3. The molecule has 0 heterocycles. The van der Waals surface area contributed by atoms with E-state index in [-0.39, 0.29) is 74.4 Å². The van der Waals surface area contributed by atoms with Gasteiger partial charge in [0, 0.05) is 19.3 Å². The summed E-state index contributed by atoms with van der Waals surface area (Å²) in [6, 6.07) is 0. The molecule has 0 aromatic rings. The Bertz CT molecular complexity index is 2450. The fraction of sp³-hybridized carbons (Fsp3) is 0.886. The van der Waals surface area contributed by atoms with Gasteiger partial charge in [0.1, 0.15) is 31.5 Å². The Morgan fingerprint density at radius 1 is 0.250 bits per heavy atom. The fourth-order valence-electron chi connectivity index (χ4n) is 16.3. The molecular weight excluding hydrogens is 1670 g/mol. The standard InChI is InChI=1S/C105H200N3O15.HI/c1-13-19-25-28-31-34-43-52-61-73-85-106(7,8)88-103(115)121-97(79-64-22-16-4)94(109)76-67-55-46-37-40-49-58-70-82-100(112)118-91-93(120-102(114)84-72-60-51-42-39-48-57-69-78-96(111)99(81-66-24-18-6)123-105(117)90-108(11,12)87-75-63-54-45-36-33-30-27-21-15-3)92-119-101(113)83-71-59-50-41-38-47-56-68-77-95(110)98(80-65-23-17-5)122-104(116)89-107(9,10)86-74-62-53-44-35-32-29-26-20-14-2;/h55-57,67-69,93-99,109-111H,13-54,58-66,70-92H2,1-12H3;1H/q+3;/p-1/b67-55+,68-56+,69-57+;. The van der Waals surface area contributed by atoms with Crippen LogP contribution in [0.15, 0.2) is 36.5 Å². The monoisotopic (exact) mass is 1870 g/mol. The zero-order chi connectivity index (χ0) is 90.8. The summed E-state index contributed by atoms with van der Waals surface area (Å²) in [4.78, 5) is 79.4. The van der Waals surface area contributed by atoms with Gasteiger partial charge in [-0.2, -0.15) is 0 Å². The van der Waals surface area contributed by atoms with Gasteiger partial charge in [-0.05, 0) is 154 Å². The molecule has 0 rings (SSSR count). The lowest BCUT2D eigenvalue weighted by molar-refractivity contribution is -0.883. The molecule has 730 valence electrons. The highest BCUT2D eigenvalue weighted by Crippen LogP contribution is 2.24. The topological polar surface area (TPSA) is 218 Å². The van der Waals surface area contributed by atoms with Crippen molar-refractivity contribution < 1.29 is 110 Å². The van der Waals surface area contributed by atoms with Gasteiger partial charge in [-0.15, -0.1) is 0 Å². The maximum Gasteiger partial charge on any atom is 0.362 e. The number of likely N-dealkylation sites (N-methyl/N-ethyl adjacent to an activating group) is 3. The third-order valence-electron chi connectivity index (χ3n) is 24.5. The third-order valence-corrected chi connectivity index (χ3v) is 24.5. The van der Waals surface area contributed by atoms with Crippen LogP contribution in [0.25, 0.3) is 0 Å². The first kappa shape index (κ1) is 123. The third kappa shape index (κ3) is 80.6. The molecule has 0 aromatic carbocycles. The molecule has 0 aromatic heterocycles. The Labute approximate surface area is 780 Å². The molecule has 6 atom stereocenters. The fourth-order valence-corrected chi connectivity index (χ4v) is 16.3. The highest BCUT2D eigenvalue weighted by Gasteiger charge is 2.31. The second-order valence-electron chi connectivity index (χ2n) is 38.8. The minimum absolute atomic E-state index is 0. The largest absolute Gasteiger partial charge is 1.00 e. The number of rotatable bonds is 92. The lowest BCUT2D eigenvalue weighted by Crippen LogP contribution is -3.00. The van der Waals surface area contributed by atoms with Crippen molar-refractivity contribution in [2.45, 2.75) is 508 Å². The quantitative estimate of drug-likeness (QED) is 0.0129. The van der Waals surface area contributed by atoms with Crippen molar-refractivity contribution in [1.29, 1.82) is 0 Å². The van der Waals surface area contributed by atoms with Crippen LogP contribution in [0, 0.1) is 0 Å². The number of hydrogen-bond donors (Lipinski definition) is 3. The van der Waals surface area contributed by atoms with Gasteiger partial charge in [-0.1, -0.05) is 328 Å². The van der Waals surface area contributed by atoms with Crippen LogP contribution in [0.2, 0.25) is 0 Å². The minimum atomic E-state index is -0.932. The van der Waals surface area contributed by atoms with Crippen molar-refractivity contribution in [2.24, 2.45) is 0 Å². The molecule has 0 saturated heterocycles. The number of aliphatic hydroxyl groups is 3. The van der Waals surface area contributed by atoms with E-state index in [0.717, 1.165) is 193 Å². The number of carbonyl (C=O) groups is 6. The lowest BCUT2D eigenvalue weighted by Gasteiger charge is -2.30. The van der Waals surface area contributed by atoms with E-state index in [4.69, 9.17) is 28.4 Å². The van der Waals surface area contributed by atoms with Gasteiger partial charge in [-0.3, -0.25) is 14.4 Å². The van der Waals surface area contributed by atoms with Crippen LogP contribution < -0.4 is 24.0 Å². The SMILES string of the molecule is CCCCCCCCCCCC[N+](C)(C)CC(=O)OC(CCCCC)C(O)C/C=C/CCCCCCCC(=O)OCC(COC(=O)CCCCCCC/C=C/CC(O)C(CCCCC)OC(=O)C[N+](C)(C)CCCCCCCCCCCC)OC(=O)CCCCCCC/C=C/CC(O)C(CCCCC)OC(=O)C[N+](C)(C)CCCCCCCCCCCC.[I-]. The van der Waals surface area contributed by atoms with E-state index in [0.29, 0.717) is 90.9 Å². The van der Waals surface area contributed by atoms with E-state index in [1.807, 2.05) is 18.2 Å². The van der Waals surface area contributed by atoms with E-state index < -0.39 is 60.6 Å². The first-order chi connectivity index (χ1) is 59.4. The molecule has 0 radical (unpaired) electrons. The summed E-state index contributed by atoms with van der Waals surface area (Å²) in [5.41, 5.74) is 0. The zero-order valence-corrected chi connectivity index (χ0v) is 84.9. The van der Waals surface area contributed by atoms with Crippen LogP contribution in [0.4, 0.5) is 0 Å². The van der Waals surface area contributed by atoms with Crippen molar-refractivity contribution in [3.05, 3.63) is 36.5 Å². The molecule has 6 unspecified atom stereocenters. The van der Waals surface area contributed by atoms with Gasteiger partial charge < -0.3 is 81.2 Å². The van der Waals surface area contributed by atoms with Gasteiger partial charge in [0.25, 0.3) is 0 Å². The van der Waals surface area contributed by atoms with Gasteiger partial charge in [0.2, 0.25) is 0 Å². The Kier molecular flexibility index (Phi) is 85.3. The molecule has 18 nitrogen and oxygen atoms in total. The second kappa shape index (κ2) is 86.3. The van der Waals surface area contributed by atoms with E-state index in [9.17, 15) is 44.1 Å². The molecule has 19 heteroatoms. The number of nitrogens with zero attached hydrogens (tertiary/aromatic N) is 3. The number of hydrogen-bond acceptors (Lipinski definition) is 15. The lowest BCUT2D eigenvalue weighted by atomic mass is 10.0. The number of esters is 6. The number of ether oxygens (including phenoxy) is 6. The summed E-state index contributed by atoms with van der Waals surface area (Å²) in [5, 5.41) is 33.8. The Hall–Kier alpha value is -3.47. The molecule has 0 fully saturated rings. The van der Waals surface area contributed by atoms with Crippen LogP contribution in [0.1, 0.15) is 465 Å². The summed E-state index contributed by atoms with van der Waals surface area (Å²) < 4.78 is 37.0. The summed E-state index contributed by atoms with van der Waals surface area (Å²) in [5.74, 6) is -1.93. The Morgan fingerprint density at radius 3 is 0.710 bits per heavy atom. The summed E-state index contributed by atoms with van der Waals surface area (Å²) in [6.07, 6.45) is 74.6. The molecule has 0 saturated carbocycles. The average Bonchev–Trinajstić information content (AvgIpc) is 0.894. The highest BCUT2D eigenvalue weighted by atomic mass is 127. The van der Waals surface area contributed by atoms with E-state index >= 15 is 0 Å². The van der Waals surface area contributed by atoms with Gasteiger partial charge in [-0.25, -0.2) is 14.4 Å². The van der Waals surface area contributed by atoms with Crippen molar-refractivity contribution in [3.8, 4) is 0 Å². The first-order valence-electron chi connectivity index (χ1n) is 51.9. The van der Waals surface area contributed by atoms with Crippen molar-refractivity contribution in [3.63, 3.8) is 0 Å². The normalized spacial score (nSPS) is 13.9. The van der Waals surface area contributed by atoms with Crippen LogP contribution in [0.3, 0.4) is 0 Å². The molecule has 0 amide bonds. The maximum atomic E-state index is 13.3. The summed E-state index contributed by atoms with van der Waals surface area (Å²) in [6.45, 7) is 16.5.